The number of hydrogen-bond donors (Lipinski definition) is 4. The molecular formula is C21H27N4O5S+. The SMILES string of the molecule is C[NH+]=C(O)c1ccc(=O)n(Sc2cccc(C(=O)NCCNC(=O)OC(C)(C)C)c2)c1. The predicted octanol–water partition coefficient (Wildman–Crippen LogP) is 0.673. The zero-order valence-electron chi connectivity index (χ0n) is 17.9. The van der Waals surface area contributed by atoms with Gasteiger partial charge in [0.15, 0.2) is 0 Å². The van der Waals surface area contributed by atoms with Crippen LogP contribution in [0.25, 0.3) is 0 Å². The summed E-state index contributed by atoms with van der Waals surface area (Å²) in [6.45, 7) is 5.76. The quantitative estimate of drug-likeness (QED) is 0.281. The molecule has 0 fully saturated rings. The zero-order valence-corrected chi connectivity index (χ0v) is 18.7. The van der Waals surface area contributed by atoms with E-state index in [0.717, 1.165) is 11.9 Å². The summed E-state index contributed by atoms with van der Waals surface area (Å²) in [4.78, 5) is 39.4. The van der Waals surface area contributed by atoms with Crippen molar-refractivity contribution in [1.82, 2.24) is 14.6 Å². The topological polar surface area (TPSA) is 124 Å². The molecule has 1 aromatic carbocycles. The number of hydrogen-bond acceptors (Lipinski definition) is 5. The van der Waals surface area contributed by atoms with Gasteiger partial charge in [-0.15, -0.1) is 0 Å². The second kappa shape index (κ2) is 10.7. The van der Waals surface area contributed by atoms with Crippen molar-refractivity contribution >= 4 is 29.8 Å². The van der Waals surface area contributed by atoms with Crippen LogP contribution in [0.15, 0.2) is 52.3 Å². The molecule has 0 bridgehead atoms. The first-order valence-electron chi connectivity index (χ1n) is 9.59. The number of aliphatic hydroxyl groups excluding tert-OH is 1. The number of alkyl carbamates (subject to hydrolysis) is 1. The Bertz CT molecular complexity index is 1030. The third-order valence-corrected chi connectivity index (χ3v) is 4.71. The Kier molecular flexibility index (Phi) is 8.26. The molecule has 4 N–H and O–H groups in total. The second-order valence-electron chi connectivity index (χ2n) is 7.48. The molecule has 0 aliphatic carbocycles. The van der Waals surface area contributed by atoms with Crippen molar-refractivity contribution in [3.05, 3.63) is 64.1 Å². The van der Waals surface area contributed by atoms with Crippen LogP contribution < -0.4 is 21.2 Å². The maximum absolute atomic E-state index is 12.4. The predicted molar refractivity (Wildman–Crippen MR) is 119 cm³/mol. The molecule has 0 spiro atoms. The first kappa shape index (κ1) is 24.0. The molecule has 10 heteroatoms. The minimum atomic E-state index is -0.587. The van der Waals surface area contributed by atoms with Crippen LogP contribution in [0.2, 0.25) is 0 Å². The molecule has 0 saturated heterocycles. The average molecular weight is 448 g/mol. The molecule has 0 aliphatic rings. The molecule has 31 heavy (non-hydrogen) atoms. The first-order valence-corrected chi connectivity index (χ1v) is 10.4. The van der Waals surface area contributed by atoms with Gasteiger partial charge in [-0.2, -0.15) is 0 Å². The van der Waals surface area contributed by atoms with Gasteiger partial charge in [-0.3, -0.25) is 13.6 Å². The van der Waals surface area contributed by atoms with E-state index in [-0.39, 0.29) is 30.5 Å². The Morgan fingerprint density at radius 3 is 2.52 bits per heavy atom. The first-order chi connectivity index (χ1) is 14.6. The maximum Gasteiger partial charge on any atom is 0.407 e. The van der Waals surface area contributed by atoms with Gasteiger partial charge in [-0.05, 0) is 57.0 Å². The number of pyridine rings is 1. The van der Waals surface area contributed by atoms with Crippen LogP contribution in [0.5, 0.6) is 0 Å². The summed E-state index contributed by atoms with van der Waals surface area (Å²) in [5.74, 6) is -0.363. The number of aliphatic hydroxyl groups is 1. The third-order valence-electron chi connectivity index (χ3n) is 3.77. The van der Waals surface area contributed by atoms with Crippen LogP contribution in [0.1, 0.15) is 36.7 Å². The number of carbonyl (C=O) groups is 2. The molecule has 166 valence electrons. The molecule has 2 aromatic rings. The summed E-state index contributed by atoms with van der Waals surface area (Å²) >= 11 is 1.12. The van der Waals surface area contributed by atoms with E-state index < -0.39 is 11.7 Å². The molecule has 1 heterocycles. The summed E-state index contributed by atoms with van der Waals surface area (Å²) in [6, 6.07) is 9.65. The Morgan fingerprint density at radius 2 is 1.84 bits per heavy atom. The van der Waals surface area contributed by atoms with Crippen molar-refractivity contribution < 1.29 is 24.4 Å². The number of aromatic nitrogens is 1. The number of nitrogens with zero attached hydrogens (tertiary/aromatic N) is 1. The Labute approximate surface area is 184 Å². The van der Waals surface area contributed by atoms with Gasteiger partial charge in [-0.1, -0.05) is 6.07 Å². The van der Waals surface area contributed by atoms with E-state index in [1.54, 1.807) is 52.1 Å². The van der Waals surface area contributed by atoms with Gasteiger partial charge < -0.3 is 20.5 Å². The van der Waals surface area contributed by atoms with Crippen molar-refractivity contribution in [2.45, 2.75) is 31.3 Å². The van der Waals surface area contributed by atoms with Crippen molar-refractivity contribution in [2.24, 2.45) is 0 Å². The van der Waals surface area contributed by atoms with E-state index in [1.165, 1.54) is 22.3 Å². The lowest BCUT2D eigenvalue weighted by molar-refractivity contribution is -0.429. The van der Waals surface area contributed by atoms with Gasteiger partial charge in [0, 0.05) is 35.8 Å². The number of rotatable bonds is 7. The number of benzene rings is 1. The lowest BCUT2D eigenvalue weighted by atomic mass is 10.2. The van der Waals surface area contributed by atoms with Gasteiger partial charge in [0.1, 0.15) is 18.2 Å². The molecule has 2 amide bonds. The van der Waals surface area contributed by atoms with Crippen molar-refractivity contribution in [3.63, 3.8) is 0 Å². The molecule has 0 unspecified atom stereocenters. The molecule has 9 nitrogen and oxygen atoms in total. The summed E-state index contributed by atoms with van der Waals surface area (Å²) in [5.41, 5.74) is 0.0225. The Morgan fingerprint density at radius 1 is 1.13 bits per heavy atom. The average Bonchev–Trinajstić information content (AvgIpc) is 2.71. The van der Waals surface area contributed by atoms with E-state index in [1.807, 2.05) is 0 Å². The third kappa shape index (κ3) is 7.82. The second-order valence-corrected chi connectivity index (χ2v) is 8.53. The van der Waals surface area contributed by atoms with Crippen LogP contribution in [-0.4, -0.2) is 52.7 Å². The molecule has 2 rings (SSSR count). The number of carbonyl (C=O) groups excluding carboxylic acids is 2. The van der Waals surface area contributed by atoms with Crippen LogP contribution >= 0.6 is 11.9 Å². The minimum absolute atomic E-state index is 0.0533. The van der Waals surface area contributed by atoms with Crippen molar-refractivity contribution in [2.75, 3.05) is 20.1 Å². The highest BCUT2D eigenvalue weighted by Gasteiger charge is 2.15. The van der Waals surface area contributed by atoms with E-state index in [0.29, 0.717) is 16.0 Å². The molecule has 0 atom stereocenters. The van der Waals surface area contributed by atoms with E-state index >= 15 is 0 Å². The van der Waals surface area contributed by atoms with Gasteiger partial charge in [-0.25, -0.2) is 9.79 Å². The van der Waals surface area contributed by atoms with E-state index in [9.17, 15) is 19.5 Å². The fourth-order valence-electron chi connectivity index (χ4n) is 2.39. The summed E-state index contributed by atoms with van der Waals surface area (Å²) in [5, 5.41) is 15.1. The summed E-state index contributed by atoms with van der Waals surface area (Å²) in [7, 11) is 1.57. The maximum atomic E-state index is 12.4. The van der Waals surface area contributed by atoms with Gasteiger partial charge in [0.2, 0.25) is 0 Å². The molecule has 1 aromatic heterocycles. The number of nitrogens with one attached hydrogen (secondary N) is 3. The molecule has 0 aliphatic heterocycles. The summed E-state index contributed by atoms with van der Waals surface area (Å²) in [6.07, 6.45) is 0.961. The van der Waals surface area contributed by atoms with Gasteiger partial charge >= 0.3 is 12.0 Å². The highest BCUT2D eigenvalue weighted by Crippen LogP contribution is 2.20. The lowest BCUT2D eigenvalue weighted by Gasteiger charge is -2.19. The smallest absolute Gasteiger partial charge is 0.407 e. The highest BCUT2D eigenvalue weighted by atomic mass is 32.2. The van der Waals surface area contributed by atoms with Crippen molar-refractivity contribution in [1.29, 1.82) is 0 Å². The molecular weight excluding hydrogens is 420 g/mol. The van der Waals surface area contributed by atoms with Crippen LogP contribution in [-0.2, 0) is 4.74 Å². The fraction of sp³-hybridized carbons (Fsp3) is 0.333. The fourth-order valence-corrected chi connectivity index (χ4v) is 3.25. The lowest BCUT2D eigenvalue weighted by Crippen LogP contribution is -2.68. The van der Waals surface area contributed by atoms with E-state index in [4.69, 9.17) is 4.74 Å². The monoisotopic (exact) mass is 447 g/mol. The normalized spacial score (nSPS) is 11.7. The van der Waals surface area contributed by atoms with Gasteiger partial charge in [0.05, 0.1) is 0 Å². The number of ether oxygens (including phenoxy) is 1. The van der Waals surface area contributed by atoms with E-state index in [2.05, 4.69) is 15.6 Å². The van der Waals surface area contributed by atoms with Crippen molar-refractivity contribution in [3.8, 4) is 0 Å². The Hall–Kier alpha value is -3.27. The van der Waals surface area contributed by atoms with Crippen LogP contribution in [0.3, 0.4) is 0 Å². The largest absolute Gasteiger partial charge is 0.460 e. The van der Waals surface area contributed by atoms with Crippen LogP contribution in [0.4, 0.5) is 4.79 Å². The molecule has 0 radical (unpaired) electrons. The summed E-state index contributed by atoms with van der Waals surface area (Å²) < 4.78 is 6.49. The standard InChI is InChI=1S/C21H26N4O5S/c1-21(2,3)30-20(29)24-11-10-23-19(28)14-6-5-7-16(12-14)31-25-13-15(18(27)22-4)8-9-17(25)26/h5-9,12-13H,10-11H2,1-4H3,(H,22,27)(H,23,28)(H,24,29)/p+1. The zero-order chi connectivity index (χ0) is 23.0. The van der Waals surface area contributed by atoms with Gasteiger partial charge in [0.25, 0.3) is 11.5 Å². The number of amides is 2. The molecule has 0 saturated carbocycles. The highest BCUT2D eigenvalue weighted by molar-refractivity contribution is 7.97. The Balaban J connectivity index is 1.97. The van der Waals surface area contributed by atoms with Crippen LogP contribution in [0, 0.1) is 0 Å². The minimum Gasteiger partial charge on any atom is -0.460 e.